The number of benzene rings is 2. The van der Waals surface area contributed by atoms with E-state index in [0.29, 0.717) is 6.54 Å². The molecule has 0 saturated carbocycles. The van der Waals surface area contributed by atoms with Crippen LogP contribution < -0.4 is 10.6 Å². The number of hydrogen-bond acceptors (Lipinski definition) is 2. The van der Waals surface area contributed by atoms with Crippen molar-refractivity contribution in [2.24, 2.45) is 0 Å². The number of amides is 1. The van der Waals surface area contributed by atoms with Gasteiger partial charge in [-0.05, 0) is 24.6 Å². The number of nitrogens with one attached hydrogen (secondary N) is 1. The summed E-state index contributed by atoms with van der Waals surface area (Å²) in [6.07, 6.45) is 1.67. The second-order valence-corrected chi connectivity index (χ2v) is 6.09. The summed E-state index contributed by atoms with van der Waals surface area (Å²) in [7, 11) is 0. The van der Waals surface area contributed by atoms with Crippen LogP contribution in [0.1, 0.15) is 29.9 Å². The van der Waals surface area contributed by atoms with Crippen molar-refractivity contribution >= 4 is 5.91 Å². The molecule has 0 aliphatic heterocycles. The first-order chi connectivity index (χ1) is 12.2. The zero-order valence-electron chi connectivity index (χ0n) is 14.3. The molecule has 0 spiro atoms. The molecule has 3 N–H and O–H groups in total. The van der Waals surface area contributed by atoms with Gasteiger partial charge in [0.05, 0.1) is 6.26 Å². The van der Waals surface area contributed by atoms with Crippen LogP contribution in [-0.2, 0) is 11.3 Å². The van der Waals surface area contributed by atoms with E-state index in [2.05, 4.69) is 17.4 Å². The summed E-state index contributed by atoms with van der Waals surface area (Å²) in [5.41, 5.74) is 2.20. The monoisotopic (exact) mass is 335 g/mol. The number of furan rings is 1. The average Bonchev–Trinajstić information content (AvgIpc) is 3.20. The van der Waals surface area contributed by atoms with Crippen LogP contribution >= 0.6 is 0 Å². The Morgan fingerprint density at radius 1 is 1.00 bits per heavy atom. The SMILES string of the molecule is C[C@@H]([NH2+][C@H](c1ccccc1)c1ccco1)C(=O)NCc1ccccc1. The topological polar surface area (TPSA) is 58.9 Å². The van der Waals surface area contributed by atoms with Crippen molar-refractivity contribution in [2.45, 2.75) is 25.6 Å². The molecule has 0 fully saturated rings. The van der Waals surface area contributed by atoms with Crippen LogP contribution in [0.5, 0.6) is 0 Å². The van der Waals surface area contributed by atoms with Gasteiger partial charge in [0.2, 0.25) is 0 Å². The molecule has 4 nitrogen and oxygen atoms in total. The van der Waals surface area contributed by atoms with Crippen molar-refractivity contribution in [1.82, 2.24) is 5.32 Å². The average molecular weight is 335 g/mol. The van der Waals surface area contributed by atoms with E-state index in [-0.39, 0.29) is 18.0 Å². The van der Waals surface area contributed by atoms with E-state index in [9.17, 15) is 4.79 Å². The molecule has 25 heavy (non-hydrogen) atoms. The molecule has 2 aromatic carbocycles. The Hall–Kier alpha value is -2.85. The lowest BCUT2D eigenvalue weighted by Crippen LogP contribution is -2.92. The third-order valence-corrected chi connectivity index (χ3v) is 4.21. The van der Waals surface area contributed by atoms with E-state index >= 15 is 0 Å². The van der Waals surface area contributed by atoms with Crippen molar-refractivity contribution in [3.63, 3.8) is 0 Å². The molecule has 1 amide bonds. The zero-order chi connectivity index (χ0) is 17.5. The maximum atomic E-state index is 12.5. The first-order valence-corrected chi connectivity index (χ1v) is 8.49. The third kappa shape index (κ3) is 4.58. The minimum Gasteiger partial charge on any atom is -0.463 e. The highest BCUT2D eigenvalue weighted by Gasteiger charge is 2.26. The van der Waals surface area contributed by atoms with Gasteiger partial charge in [0.15, 0.2) is 17.8 Å². The van der Waals surface area contributed by atoms with Crippen molar-refractivity contribution in [2.75, 3.05) is 0 Å². The Labute approximate surface area is 147 Å². The van der Waals surface area contributed by atoms with Gasteiger partial charge in [-0.2, -0.15) is 0 Å². The van der Waals surface area contributed by atoms with Crippen molar-refractivity contribution in [3.8, 4) is 0 Å². The normalized spacial score (nSPS) is 13.2. The molecule has 0 aliphatic carbocycles. The van der Waals surface area contributed by atoms with Gasteiger partial charge in [-0.25, -0.2) is 0 Å². The van der Waals surface area contributed by atoms with E-state index in [0.717, 1.165) is 16.9 Å². The van der Waals surface area contributed by atoms with E-state index in [1.54, 1.807) is 6.26 Å². The van der Waals surface area contributed by atoms with Crippen molar-refractivity contribution < 1.29 is 14.5 Å². The summed E-state index contributed by atoms with van der Waals surface area (Å²) in [5, 5.41) is 5.04. The lowest BCUT2D eigenvalue weighted by atomic mass is 10.0. The summed E-state index contributed by atoms with van der Waals surface area (Å²) >= 11 is 0. The molecule has 0 unspecified atom stereocenters. The van der Waals surface area contributed by atoms with Crippen molar-refractivity contribution in [1.29, 1.82) is 0 Å². The number of hydrogen-bond donors (Lipinski definition) is 2. The van der Waals surface area contributed by atoms with Gasteiger partial charge >= 0.3 is 0 Å². The first kappa shape index (κ1) is 17.0. The smallest absolute Gasteiger partial charge is 0.278 e. The summed E-state index contributed by atoms with van der Waals surface area (Å²) in [4.78, 5) is 12.5. The molecular weight excluding hydrogens is 312 g/mol. The second-order valence-electron chi connectivity index (χ2n) is 6.09. The van der Waals surface area contributed by atoms with Gasteiger partial charge in [0.25, 0.3) is 5.91 Å². The van der Waals surface area contributed by atoms with Gasteiger partial charge in [0.1, 0.15) is 0 Å². The number of nitrogens with two attached hydrogens (primary N) is 1. The van der Waals surface area contributed by atoms with E-state index in [4.69, 9.17) is 4.42 Å². The minimum absolute atomic E-state index is 0.0105. The molecule has 0 aliphatic rings. The molecule has 0 saturated heterocycles. The predicted octanol–water partition coefficient (Wildman–Crippen LogP) is 2.64. The maximum absolute atomic E-state index is 12.5. The number of carbonyl (C=O) groups excluding carboxylic acids is 1. The standard InChI is InChI=1S/C21H22N2O2/c1-16(21(24)22-15-17-9-4-2-5-10-17)23-20(19-13-8-14-25-19)18-11-6-3-7-12-18/h2-14,16,20,23H,15H2,1H3,(H,22,24)/p+1/t16-,20-/m1/s1. The molecule has 3 aromatic rings. The van der Waals surface area contributed by atoms with Crippen LogP contribution in [0.4, 0.5) is 0 Å². The van der Waals surface area contributed by atoms with E-state index < -0.39 is 0 Å². The van der Waals surface area contributed by atoms with Gasteiger partial charge in [-0.1, -0.05) is 60.7 Å². The number of rotatable bonds is 7. The van der Waals surface area contributed by atoms with Crippen LogP contribution in [0.2, 0.25) is 0 Å². The maximum Gasteiger partial charge on any atom is 0.278 e. The van der Waals surface area contributed by atoms with Crippen LogP contribution in [0.25, 0.3) is 0 Å². The summed E-state index contributed by atoms with van der Waals surface area (Å²) < 4.78 is 5.60. The molecule has 0 radical (unpaired) electrons. The summed E-state index contributed by atoms with van der Waals surface area (Å²) in [6, 6.07) is 23.5. The van der Waals surface area contributed by atoms with Crippen LogP contribution in [0.15, 0.2) is 83.5 Å². The highest BCUT2D eigenvalue weighted by molar-refractivity contribution is 5.79. The lowest BCUT2D eigenvalue weighted by Gasteiger charge is -2.18. The van der Waals surface area contributed by atoms with Gasteiger partial charge in [-0.15, -0.1) is 0 Å². The van der Waals surface area contributed by atoms with Crippen LogP contribution in [0, 0.1) is 0 Å². The molecule has 4 heteroatoms. The molecule has 2 atom stereocenters. The summed E-state index contributed by atoms with van der Waals surface area (Å²) in [5.74, 6) is 0.852. The second kappa shape index (κ2) is 8.31. The largest absolute Gasteiger partial charge is 0.463 e. The van der Waals surface area contributed by atoms with Crippen LogP contribution in [-0.4, -0.2) is 11.9 Å². The lowest BCUT2D eigenvalue weighted by molar-refractivity contribution is -0.706. The van der Waals surface area contributed by atoms with Gasteiger partial charge in [-0.3, -0.25) is 4.79 Å². The first-order valence-electron chi connectivity index (χ1n) is 8.49. The number of carbonyl (C=O) groups is 1. The van der Waals surface area contributed by atoms with E-state index in [1.807, 2.05) is 72.9 Å². The Morgan fingerprint density at radius 3 is 2.32 bits per heavy atom. The fourth-order valence-corrected chi connectivity index (χ4v) is 2.82. The fourth-order valence-electron chi connectivity index (χ4n) is 2.82. The highest BCUT2D eigenvalue weighted by atomic mass is 16.3. The quantitative estimate of drug-likeness (QED) is 0.697. The Bertz CT molecular complexity index is 770. The Kier molecular flexibility index (Phi) is 5.65. The van der Waals surface area contributed by atoms with Crippen molar-refractivity contribution in [3.05, 3.63) is 95.9 Å². The highest BCUT2D eigenvalue weighted by Crippen LogP contribution is 2.18. The molecule has 1 heterocycles. The third-order valence-electron chi connectivity index (χ3n) is 4.21. The molecule has 1 aromatic heterocycles. The van der Waals surface area contributed by atoms with Gasteiger partial charge in [0, 0.05) is 12.1 Å². The Morgan fingerprint density at radius 2 is 1.68 bits per heavy atom. The number of quaternary nitrogens is 1. The molecule has 128 valence electrons. The predicted molar refractivity (Wildman–Crippen MR) is 96.7 cm³/mol. The van der Waals surface area contributed by atoms with Crippen LogP contribution in [0.3, 0.4) is 0 Å². The fraction of sp³-hybridized carbons (Fsp3) is 0.190. The summed E-state index contributed by atoms with van der Waals surface area (Å²) in [6.45, 7) is 2.45. The molecule has 3 rings (SSSR count). The molecule has 0 bridgehead atoms. The molecular formula is C21H23N2O2+. The van der Waals surface area contributed by atoms with E-state index in [1.165, 1.54) is 0 Å². The minimum atomic E-state index is -0.237. The Balaban J connectivity index is 1.66. The zero-order valence-corrected chi connectivity index (χ0v) is 14.3. The van der Waals surface area contributed by atoms with Gasteiger partial charge < -0.3 is 15.1 Å².